The Kier molecular flexibility index (Phi) is 2.24. The Hall–Kier alpha value is -1.22. The van der Waals surface area contributed by atoms with Crippen LogP contribution in [0.3, 0.4) is 0 Å². The van der Waals surface area contributed by atoms with Crippen molar-refractivity contribution in [2.75, 3.05) is 0 Å². The van der Waals surface area contributed by atoms with Crippen LogP contribution in [0.1, 0.15) is 15.9 Å². The van der Waals surface area contributed by atoms with Gasteiger partial charge in [-0.1, -0.05) is 11.6 Å². The summed E-state index contributed by atoms with van der Waals surface area (Å²) in [4.78, 5) is 10.5. The average Bonchev–Trinajstić information content (AvgIpc) is 1.96. The molecule has 0 aliphatic rings. The summed E-state index contributed by atoms with van der Waals surface area (Å²) >= 11 is 5.55. The van der Waals surface area contributed by atoms with Crippen molar-refractivity contribution < 1.29 is 15.0 Å². The molecule has 0 amide bonds. The number of hydrogen-bond donors (Lipinski definition) is 2. The molecule has 0 radical (unpaired) electrons. The Morgan fingerprint density at radius 3 is 2.58 bits per heavy atom. The summed E-state index contributed by atoms with van der Waals surface area (Å²) in [5.74, 6) is -1.28. The maximum atomic E-state index is 10.5. The zero-order valence-corrected chi connectivity index (χ0v) is 7.09. The molecule has 0 aliphatic heterocycles. The van der Waals surface area contributed by atoms with E-state index >= 15 is 0 Å². The number of carboxylic acids is 1. The second kappa shape index (κ2) is 3.03. The molecular formula is C8H7ClO3. The van der Waals surface area contributed by atoms with E-state index < -0.39 is 5.97 Å². The van der Waals surface area contributed by atoms with Gasteiger partial charge in [0.2, 0.25) is 0 Å². The highest BCUT2D eigenvalue weighted by Gasteiger charge is 2.10. The summed E-state index contributed by atoms with van der Waals surface area (Å²) in [5.41, 5.74) is 0.599. The molecule has 1 aromatic rings. The van der Waals surface area contributed by atoms with Gasteiger partial charge in [0.25, 0.3) is 0 Å². The molecule has 0 spiro atoms. The third-order valence-electron chi connectivity index (χ3n) is 1.52. The molecule has 1 aromatic carbocycles. The fraction of sp³-hybridized carbons (Fsp3) is 0.125. The lowest BCUT2D eigenvalue weighted by molar-refractivity contribution is 0.0695. The molecule has 1 rings (SSSR count). The monoisotopic (exact) mass is 186 g/mol. The van der Waals surface area contributed by atoms with E-state index in [0.717, 1.165) is 6.07 Å². The van der Waals surface area contributed by atoms with Crippen LogP contribution in [0, 0.1) is 6.92 Å². The van der Waals surface area contributed by atoms with Gasteiger partial charge in [-0.2, -0.15) is 0 Å². The second-order valence-electron chi connectivity index (χ2n) is 2.42. The Balaban J connectivity index is 3.33. The molecule has 0 aliphatic carbocycles. The lowest BCUT2D eigenvalue weighted by Gasteiger charge is -2.02. The smallest absolute Gasteiger partial charge is 0.336 e. The molecule has 3 nitrogen and oxygen atoms in total. The van der Waals surface area contributed by atoms with Crippen LogP contribution in [-0.2, 0) is 0 Å². The number of halogens is 1. The van der Waals surface area contributed by atoms with E-state index in [1.807, 2.05) is 0 Å². The number of rotatable bonds is 1. The topological polar surface area (TPSA) is 57.5 Å². The molecule has 0 heterocycles. The Labute approximate surface area is 74.2 Å². The molecule has 0 bridgehead atoms. The van der Waals surface area contributed by atoms with Crippen molar-refractivity contribution in [2.24, 2.45) is 0 Å². The van der Waals surface area contributed by atoms with E-state index in [1.165, 1.54) is 6.07 Å². The van der Waals surface area contributed by atoms with Crippen LogP contribution in [-0.4, -0.2) is 16.2 Å². The van der Waals surface area contributed by atoms with Crippen molar-refractivity contribution in [3.05, 3.63) is 28.3 Å². The Bertz CT molecular complexity index is 333. The van der Waals surface area contributed by atoms with Crippen molar-refractivity contribution in [3.63, 3.8) is 0 Å². The van der Waals surface area contributed by atoms with Gasteiger partial charge in [0, 0.05) is 0 Å². The summed E-state index contributed by atoms with van der Waals surface area (Å²) in [6.07, 6.45) is 0. The largest absolute Gasteiger partial charge is 0.506 e. The van der Waals surface area contributed by atoms with Crippen molar-refractivity contribution in [1.82, 2.24) is 0 Å². The number of hydrogen-bond acceptors (Lipinski definition) is 2. The predicted molar refractivity (Wildman–Crippen MR) is 44.8 cm³/mol. The first kappa shape index (κ1) is 8.87. The molecule has 0 unspecified atom stereocenters. The summed E-state index contributed by atoms with van der Waals surface area (Å²) < 4.78 is 0. The van der Waals surface area contributed by atoms with Gasteiger partial charge in [-0.3, -0.25) is 0 Å². The van der Waals surface area contributed by atoms with E-state index in [9.17, 15) is 4.79 Å². The molecule has 0 aromatic heterocycles. The molecule has 0 atom stereocenters. The minimum Gasteiger partial charge on any atom is -0.506 e. The summed E-state index contributed by atoms with van der Waals surface area (Å²) in [7, 11) is 0. The van der Waals surface area contributed by atoms with Gasteiger partial charge < -0.3 is 10.2 Å². The number of aromatic carboxylic acids is 1. The lowest BCUT2D eigenvalue weighted by Crippen LogP contribution is -1.98. The molecule has 2 N–H and O–H groups in total. The van der Waals surface area contributed by atoms with Crippen LogP contribution in [0.15, 0.2) is 12.1 Å². The molecule has 0 fully saturated rings. The van der Waals surface area contributed by atoms with Crippen molar-refractivity contribution >= 4 is 17.6 Å². The highest BCUT2D eigenvalue weighted by Crippen LogP contribution is 2.26. The van der Waals surface area contributed by atoms with E-state index in [1.54, 1.807) is 6.92 Å². The highest BCUT2D eigenvalue weighted by atomic mass is 35.5. The van der Waals surface area contributed by atoms with Crippen molar-refractivity contribution in [1.29, 1.82) is 0 Å². The fourth-order valence-electron chi connectivity index (χ4n) is 0.892. The summed E-state index contributed by atoms with van der Waals surface area (Å²) in [6.45, 7) is 1.62. The zero-order chi connectivity index (χ0) is 9.30. The summed E-state index contributed by atoms with van der Waals surface area (Å²) in [6, 6.07) is 2.56. The van der Waals surface area contributed by atoms with Crippen LogP contribution in [0.4, 0.5) is 0 Å². The van der Waals surface area contributed by atoms with Crippen molar-refractivity contribution in [2.45, 2.75) is 6.92 Å². The zero-order valence-electron chi connectivity index (χ0n) is 6.34. The van der Waals surface area contributed by atoms with E-state index in [2.05, 4.69) is 0 Å². The minimum atomic E-state index is -1.07. The standard InChI is InChI=1S/C8H7ClO3/c1-4-2-6(9)7(10)3-5(4)8(11)12/h2-3,10H,1H3,(H,11,12). The fourth-order valence-corrected chi connectivity index (χ4v) is 1.11. The Morgan fingerprint density at radius 1 is 1.50 bits per heavy atom. The first-order valence-electron chi connectivity index (χ1n) is 3.25. The SMILES string of the molecule is Cc1cc(Cl)c(O)cc1C(=O)O. The molecule has 0 saturated carbocycles. The van der Waals surface area contributed by atoms with E-state index in [0.29, 0.717) is 5.56 Å². The number of benzene rings is 1. The van der Waals surface area contributed by atoms with Crippen LogP contribution in [0.2, 0.25) is 5.02 Å². The highest BCUT2D eigenvalue weighted by molar-refractivity contribution is 6.32. The van der Waals surface area contributed by atoms with Gasteiger partial charge in [-0.05, 0) is 24.6 Å². The number of aromatic hydroxyl groups is 1. The van der Waals surface area contributed by atoms with Gasteiger partial charge in [0.05, 0.1) is 10.6 Å². The van der Waals surface area contributed by atoms with Gasteiger partial charge in [-0.15, -0.1) is 0 Å². The molecule has 12 heavy (non-hydrogen) atoms. The predicted octanol–water partition coefficient (Wildman–Crippen LogP) is 2.05. The van der Waals surface area contributed by atoms with Gasteiger partial charge in [-0.25, -0.2) is 4.79 Å². The normalized spacial score (nSPS) is 9.83. The molecule has 64 valence electrons. The van der Waals surface area contributed by atoms with Crippen LogP contribution >= 0.6 is 11.6 Å². The molecule has 4 heteroatoms. The van der Waals surface area contributed by atoms with E-state index in [4.69, 9.17) is 21.8 Å². The number of aryl methyl sites for hydroxylation is 1. The summed E-state index contributed by atoms with van der Waals surface area (Å²) in [5, 5.41) is 17.9. The van der Waals surface area contributed by atoms with Crippen molar-refractivity contribution in [3.8, 4) is 5.75 Å². The Morgan fingerprint density at radius 2 is 2.08 bits per heavy atom. The van der Waals surface area contributed by atoms with Crippen LogP contribution < -0.4 is 0 Å². The third-order valence-corrected chi connectivity index (χ3v) is 1.83. The van der Waals surface area contributed by atoms with Gasteiger partial charge >= 0.3 is 5.97 Å². The van der Waals surface area contributed by atoms with E-state index in [-0.39, 0.29) is 16.3 Å². The number of phenols is 1. The van der Waals surface area contributed by atoms with Crippen LogP contribution in [0.25, 0.3) is 0 Å². The quantitative estimate of drug-likeness (QED) is 0.706. The van der Waals surface area contributed by atoms with Gasteiger partial charge in [0.1, 0.15) is 5.75 Å². The first-order chi connectivity index (χ1) is 5.52. The number of carboxylic acid groups (broad SMARTS) is 1. The maximum Gasteiger partial charge on any atom is 0.336 e. The lowest BCUT2D eigenvalue weighted by atomic mass is 10.1. The van der Waals surface area contributed by atoms with Gasteiger partial charge in [0.15, 0.2) is 0 Å². The third kappa shape index (κ3) is 1.51. The minimum absolute atomic E-state index is 0.0666. The maximum absolute atomic E-state index is 10.5. The first-order valence-corrected chi connectivity index (χ1v) is 3.62. The second-order valence-corrected chi connectivity index (χ2v) is 2.83. The van der Waals surface area contributed by atoms with Crippen LogP contribution in [0.5, 0.6) is 5.75 Å². The average molecular weight is 187 g/mol. The molecular weight excluding hydrogens is 180 g/mol. The molecule has 0 saturated heterocycles. The number of phenolic OH excluding ortho intramolecular Hbond substituents is 1. The number of carbonyl (C=O) groups is 1.